The van der Waals surface area contributed by atoms with Gasteiger partial charge in [0.05, 0.1) is 0 Å². The Bertz CT molecular complexity index is 305. The van der Waals surface area contributed by atoms with Gasteiger partial charge in [0.25, 0.3) is 5.91 Å². The molecular formula is C13H23NO4. The summed E-state index contributed by atoms with van der Waals surface area (Å²) in [5.74, 6) is -0.595. The van der Waals surface area contributed by atoms with Crippen molar-refractivity contribution in [2.24, 2.45) is 5.92 Å². The maximum Gasteiger partial charge on any atom is 0.332 e. The van der Waals surface area contributed by atoms with Gasteiger partial charge in [0.1, 0.15) is 6.10 Å². The van der Waals surface area contributed by atoms with Gasteiger partial charge in [0, 0.05) is 13.1 Å². The van der Waals surface area contributed by atoms with Crippen molar-refractivity contribution >= 4 is 11.9 Å². The first-order valence-electron chi connectivity index (χ1n) is 6.66. The van der Waals surface area contributed by atoms with Crippen molar-refractivity contribution in [1.29, 1.82) is 0 Å². The number of hydrogen-bond acceptors (Lipinski definition) is 3. The molecule has 1 rings (SSSR count). The summed E-state index contributed by atoms with van der Waals surface area (Å²) < 4.78 is 5.29. The average Bonchev–Trinajstić information content (AvgIpc) is 2.84. The monoisotopic (exact) mass is 257 g/mol. The summed E-state index contributed by atoms with van der Waals surface area (Å²) in [7, 11) is 0. The van der Waals surface area contributed by atoms with Crippen molar-refractivity contribution in [2.75, 3.05) is 13.1 Å². The highest BCUT2D eigenvalue weighted by Crippen LogP contribution is 2.22. The molecule has 1 amide bonds. The molecule has 1 aliphatic heterocycles. The van der Waals surface area contributed by atoms with Crippen molar-refractivity contribution in [1.82, 2.24) is 4.90 Å². The molecule has 0 saturated carbocycles. The van der Waals surface area contributed by atoms with Crippen LogP contribution in [-0.2, 0) is 14.3 Å². The van der Waals surface area contributed by atoms with E-state index in [4.69, 9.17) is 9.84 Å². The standard InChI is InChI=1S/C13H23NO4/c1-4-9(3)8-14(5-2)12(15)10-6-7-11(18-10)13(16)17/h9-11H,4-8H2,1-3H3,(H,16,17). The highest BCUT2D eigenvalue weighted by Gasteiger charge is 2.36. The Morgan fingerprint density at radius 1 is 1.33 bits per heavy atom. The lowest BCUT2D eigenvalue weighted by Gasteiger charge is -2.26. The molecule has 1 N–H and O–H groups in total. The maximum atomic E-state index is 12.2. The molecular weight excluding hydrogens is 234 g/mol. The molecule has 104 valence electrons. The minimum atomic E-state index is -0.977. The second-order valence-electron chi connectivity index (χ2n) is 4.92. The van der Waals surface area contributed by atoms with Crippen molar-refractivity contribution in [3.8, 4) is 0 Å². The summed E-state index contributed by atoms with van der Waals surface area (Å²) in [6, 6.07) is 0. The van der Waals surface area contributed by atoms with Crippen LogP contribution in [0.2, 0.25) is 0 Å². The molecule has 1 heterocycles. The van der Waals surface area contributed by atoms with Crippen LogP contribution in [0.25, 0.3) is 0 Å². The third kappa shape index (κ3) is 3.70. The largest absolute Gasteiger partial charge is 0.479 e. The fourth-order valence-electron chi connectivity index (χ4n) is 2.08. The smallest absolute Gasteiger partial charge is 0.332 e. The Labute approximate surface area is 108 Å². The average molecular weight is 257 g/mol. The van der Waals surface area contributed by atoms with Gasteiger partial charge in [-0.3, -0.25) is 4.79 Å². The predicted molar refractivity (Wildman–Crippen MR) is 67.2 cm³/mol. The number of likely N-dealkylation sites (N-methyl/N-ethyl adjacent to an activating group) is 1. The molecule has 0 aromatic carbocycles. The first-order valence-corrected chi connectivity index (χ1v) is 6.66. The van der Waals surface area contributed by atoms with Crippen LogP contribution in [0.3, 0.4) is 0 Å². The van der Waals surface area contributed by atoms with E-state index >= 15 is 0 Å². The number of hydrogen-bond donors (Lipinski definition) is 1. The summed E-state index contributed by atoms with van der Waals surface area (Å²) >= 11 is 0. The Morgan fingerprint density at radius 2 is 1.94 bits per heavy atom. The van der Waals surface area contributed by atoms with Gasteiger partial charge in [-0.05, 0) is 25.7 Å². The molecule has 5 heteroatoms. The zero-order valence-corrected chi connectivity index (χ0v) is 11.4. The molecule has 0 radical (unpaired) electrons. The topological polar surface area (TPSA) is 66.8 Å². The van der Waals surface area contributed by atoms with E-state index in [0.717, 1.165) is 6.42 Å². The minimum Gasteiger partial charge on any atom is -0.479 e. The molecule has 3 unspecified atom stereocenters. The van der Waals surface area contributed by atoms with E-state index in [0.29, 0.717) is 31.8 Å². The number of carboxylic acid groups (broad SMARTS) is 1. The fraction of sp³-hybridized carbons (Fsp3) is 0.846. The number of rotatable bonds is 6. The summed E-state index contributed by atoms with van der Waals surface area (Å²) in [5.41, 5.74) is 0. The number of carboxylic acids is 1. The molecule has 18 heavy (non-hydrogen) atoms. The Hall–Kier alpha value is -1.10. The molecule has 0 aromatic heterocycles. The van der Waals surface area contributed by atoms with Crippen molar-refractivity contribution in [3.05, 3.63) is 0 Å². The van der Waals surface area contributed by atoms with Crippen LogP contribution >= 0.6 is 0 Å². The molecule has 1 aliphatic rings. The summed E-state index contributed by atoms with van der Waals surface area (Å²) in [6.07, 6.45) is 0.559. The van der Waals surface area contributed by atoms with Crippen LogP contribution < -0.4 is 0 Å². The molecule has 5 nitrogen and oxygen atoms in total. The summed E-state index contributed by atoms with van der Waals surface area (Å²) in [4.78, 5) is 24.8. The van der Waals surface area contributed by atoms with Gasteiger partial charge in [-0.15, -0.1) is 0 Å². The van der Waals surface area contributed by atoms with Crippen LogP contribution in [0, 0.1) is 5.92 Å². The third-order valence-electron chi connectivity index (χ3n) is 3.49. The quantitative estimate of drug-likeness (QED) is 0.783. The zero-order chi connectivity index (χ0) is 13.7. The van der Waals surface area contributed by atoms with E-state index in [1.807, 2.05) is 6.92 Å². The second kappa shape index (κ2) is 6.73. The van der Waals surface area contributed by atoms with E-state index < -0.39 is 18.2 Å². The minimum absolute atomic E-state index is 0.0680. The predicted octanol–water partition coefficient (Wildman–Crippen LogP) is 1.51. The molecule has 1 fully saturated rings. The SMILES string of the molecule is CCC(C)CN(CC)C(=O)C1CCC(C(=O)O)O1. The van der Waals surface area contributed by atoms with Gasteiger partial charge < -0.3 is 14.7 Å². The van der Waals surface area contributed by atoms with E-state index in [9.17, 15) is 9.59 Å². The highest BCUT2D eigenvalue weighted by atomic mass is 16.5. The van der Waals surface area contributed by atoms with Gasteiger partial charge in [0.2, 0.25) is 0 Å². The van der Waals surface area contributed by atoms with Crippen LogP contribution in [0.5, 0.6) is 0 Å². The highest BCUT2D eigenvalue weighted by molar-refractivity contribution is 5.82. The number of aliphatic carboxylic acids is 1. The number of nitrogens with zero attached hydrogens (tertiary/aromatic N) is 1. The third-order valence-corrected chi connectivity index (χ3v) is 3.49. The zero-order valence-electron chi connectivity index (χ0n) is 11.4. The molecule has 1 saturated heterocycles. The number of carbonyl (C=O) groups is 2. The Balaban J connectivity index is 2.54. The maximum absolute atomic E-state index is 12.2. The van der Waals surface area contributed by atoms with E-state index in [1.165, 1.54) is 0 Å². The molecule has 0 aromatic rings. The Morgan fingerprint density at radius 3 is 2.39 bits per heavy atom. The lowest BCUT2D eigenvalue weighted by atomic mass is 10.1. The van der Waals surface area contributed by atoms with E-state index in [2.05, 4.69) is 13.8 Å². The first-order chi connectivity index (χ1) is 8.49. The second-order valence-corrected chi connectivity index (χ2v) is 4.92. The van der Waals surface area contributed by atoms with Gasteiger partial charge in [-0.1, -0.05) is 20.3 Å². The first kappa shape index (κ1) is 15.0. The van der Waals surface area contributed by atoms with Crippen molar-refractivity contribution in [2.45, 2.75) is 52.2 Å². The van der Waals surface area contributed by atoms with Crippen LogP contribution in [0.1, 0.15) is 40.0 Å². The van der Waals surface area contributed by atoms with Crippen LogP contribution in [-0.4, -0.2) is 47.2 Å². The molecule has 0 bridgehead atoms. The van der Waals surface area contributed by atoms with Gasteiger partial charge in [-0.2, -0.15) is 0 Å². The normalized spacial score (nSPS) is 24.8. The van der Waals surface area contributed by atoms with Gasteiger partial charge in [0.15, 0.2) is 6.10 Å². The molecule has 0 aliphatic carbocycles. The van der Waals surface area contributed by atoms with Gasteiger partial charge >= 0.3 is 5.97 Å². The number of amides is 1. The van der Waals surface area contributed by atoms with Crippen molar-refractivity contribution < 1.29 is 19.4 Å². The fourth-order valence-corrected chi connectivity index (χ4v) is 2.08. The molecule has 3 atom stereocenters. The van der Waals surface area contributed by atoms with Crippen LogP contribution in [0.15, 0.2) is 0 Å². The number of carbonyl (C=O) groups excluding carboxylic acids is 1. The van der Waals surface area contributed by atoms with Crippen molar-refractivity contribution in [3.63, 3.8) is 0 Å². The Kier molecular flexibility index (Phi) is 5.59. The van der Waals surface area contributed by atoms with Gasteiger partial charge in [-0.25, -0.2) is 4.79 Å². The molecule has 0 spiro atoms. The summed E-state index contributed by atoms with van der Waals surface area (Å²) in [6.45, 7) is 7.48. The van der Waals surface area contributed by atoms with E-state index in [-0.39, 0.29) is 5.91 Å². The lowest BCUT2D eigenvalue weighted by molar-refractivity contribution is -0.154. The van der Waals surface area contributed by atoms with E-state index in [1.54, 1.807) is 4.90 Å². The lowest BCUT2D eigenvalue weighted by Crippen LogP contribution is -2.41. The summed E-state index contributed by atoms with van der Waals surface area (Å²) in [5, 5.41) is 8.84. The number of ether oxygens (including phenoxy) is 1. The van der Waals surface area contributed by atoms with Crippen LogP contribution in [0.4, 0.5) is 0 Å².